The van der Waals surface area contributed by atoms with Crippen molar-refractivity contribution in [1.82, 2.24) is 25.1 Å². The molecule has 1 aliphatic rings. The van der Waals surface area contributed by atoms with E-state index in [1.54, 1.807) is 18.9 Å². The fourth-order valence-corrected chi connectivity index (χ4v) is 3.08. The van der Waals surface area contributed by atoms with Gasteiger partial charge in [-0.25, -0.2) is 4.98 Å². The third-order valence-electron chi connectivity index (χ3n) is 4.51. The zero-order valence-electron chi connectivity index (χ0n) is 15.0. The van der Waals surface area contributed by atoms with Gasteiger partial charge in [0.05, 0.1) is 5.92 Å². The van der Waals surface area contributed by atoms with Gasteiger partial charge in [0.25, 0.3) is 0 Å². The van der Waals surface area contributed by atoms with Crippen molar-refractivity contribution in [2.75, 3.05) is 33.2 Å². The molecule has 0 saturated carbocycles. The van der Waals surface area contributed by atoms with Gasteiger partial charge < -0.3 is 15.2 Å². The summed E-state index contributed by atoms with van der Waals surface area (Å²) in [7, 11) is 1.64. The quantitative estimate of drug-likeness (QED) is 0.805. The molecule has 2 rings (SSSR count). The van der Waals surface area contributed by atoms with Crippen LogP contribution in [0.15, 0.2) is 6.20 Å². The van der Waals surface area contributed by atoms with Crippen molar-refractivity contribution in [3.63, 3.8) is 0 Å². The molecule has 24 heavy (non-hydrogen) atoms. The zero-order valence-corrected chi connectivity index (χ0v) is 15.0. The Balaban J connectivity index is 2.01. The van der Waals surface area contributed by atoms with Crippen LogP contribution >= 0.6 is 0 Å². The van der Waals surface area contributed by atoms with Gasteiger partial charge in [-0.1, -0.05) is 13.3 Å². The van der Waals surface area contributed by atoms with Crippen LogP contribution in [-0.4, -0.2) is 64.8 Å². The van der Waals surface area contributed by atoms with E-state index < -0.39 is 0 Å². The van der Waals surface area contributed by atoms with Crippen LogP contribution in [-0.2, 0) is 22.6 Å². The molecule has 134 valence electrons. The second-order valence-electron chi connectivity index (χ2n) is 6.47. The molecule has 0 bridgehead atoms. The average molecular weight is 335 g/mol. The highest BCUT2D eigenvalue weighted by atomic mass is 16.2. The van der Waals surface area contributed by atoms with Gasteiger partial charge in [0, 0.05) is 65.0 Å². The van der Waals surface area contributed by atoms with Crippen molar-refractivity contribution in [1.29, 1.82) is 0 Å². The number of hydrogen-bond donors (Lipinski definition) is 2. The molecule has 2 heterocycles. The average Bonchev–Trinajstić information content (AvgIpc) is 2.89. The Labute approximate surface area is 143 Å². The van der Waals surface area contributed by atoms with Crippen molar-refractivity contribution < 1.29 is 9.59 Å². The molecule has 7 heteroatoms. The fraction of sp³-hybridized carbons (Fsp3) is 0.706. The van der Waals surface area contributed by atoms with Crippen molar-refractivity contribution in [3.8, 4) is 0 Å². The number of hydrogen-bond acceptors (Lipinski definition) is 4. The van der Waals surface area contributed by atoms with E-state index in [0.717, 1.165) is 43.9 Å². The molecule has 1 aliphatic heterocycles. The first kappa shape index (κ1) is 18.4. The number of carbonyl (C=O) groups excluding carboxylic acids is 2. The van der Waals surface area contributed by atoms with E-state index in [0.29, 0.717) is 19.6 Å². The van der Waals surface area contributed by atoms with Crippen molar-refractivity contribution in [2.45, 2.75) is 39.7 Å². The van der Waals surface area contributed by atoms with E-state index in [2.05, 4.69) is 27.1 Å². The molecule has 2 N–H and O–H groups in total. The maximum absolute atomic E-state index is 12.1. The fourth-order valence-electron chi connectivity index (χ4n) is 3.08. The first-order chi connectivity index (χ1) is 11.5. The molecule has 0 aliphatic carbocycles. The lowest BCUT2D eigenvalue weighted by molar-refractivity contribution is -0.130. The number of amides is 2. The summed E-state index contributed by atoms with van der Waals surface area (Å²) in [5, 5.41) is 2.71. The van der Waals surface area contributed by atoms with Gasteiger partial charge in [0.2, 0.25) is 11.8 Å². The van der Waals surface area contributed by atoms with E-state index in [-0.39, 0.29) is 17.7 Å². The Morgan fingerprint density at radius 3 is 2.83 bits per heavy atom. The number of nitrogens with zero attached hydrogens (tertiary/aromatic N) is 3. The lowest BCUT2D eigenvalue weighted by Gasteiger charge is -2.22. The molecular weight excluding hydrogens is 306 g/mol. The summed E-state index contributed by atoms with van der Waals surface area (Å²) in [5.41, 5.74) is 1.06. The SMILES string of the molecule is CCCCc1ncc(CN2CCN(C(C)=O)C[C@H](C(=O)NC)C2)[nH]1. The maximum atomic E-state index is 12.1. The summed E-state index contributed by atoms with van der Waals surface area (Å²) in [6.07, 6.45) is 5.13. The Bertz CT molecular complexity index is 557. The number of H-pyrrole nitrogens is 1. The second-order valence-corrected chi connectivity index (χ2v) is 6.47. The number of carbonyl (C=O) groups is 2. The van der Waals surface area contributed by atoms with E-state index in [1.807, 2.05) is 6.20 Å². The molecule has 0 unspecified atom stereocenters. The van der Waals surface area contributed by atoms with Crippen molar-refractivity contribution >= 4 is 11.8 Å². The van der Waals surface area contributed by atoms with Crippen LogP contribution < -0.4 is 5.32 Å². The number of aromatic amines is 1. The first-order valence-corrected chi connectivity index (χ1v) is 8.75. The molecule has 1 aromatic rings. The molecule has 1 saturated heterocycles. The minimum Gasteiger partial charge on any atom is -0.359 e. The van der Waals surface area contributed by atoms with Gasteiger partial charge >= 0.3 is 0 Å². The summed E-state index contributed by atoms with van der Waals surface area (Å²) < 4.78 is 0. The van der Waals surface area contributed by atoms with E-state index in [9.17, 15) is 9.59 Å². The normalized spacial score (nSPS) is 19.1. The lowest BCUT2D eigenvalue weighted by Crippen LogP contribution is -2.40. The third-order valence-corrected chi connectivity index (χ3v) is 4.51. The van der Waals surface area contributed by atoms with E-state index >= 15 is 0 Å². The van der Waals surface area contributed by atoms with Crippen LogP contribution in [0.25, 0.3) is 0 Å². The minimum absolute atomic E-state index is 0.0126. The predicted molar refractivity (Wildman–Crippen MR) is 92.3 cm³/mol. The highest BCUT2D eigenvalue weighted by Gasteiger charge is 2.28. The largest absolute Gasteiger partial charge is 0.359 e. The first-order valence-electron chi connectivity index (χ1n) is 8.75. The van der Waals surface area contributed by atoms with Crippen LogP contribution in [0.5, 0.6) is 0 Å². The van der Waals surface area contributed by atoms with E-state index in [1.165, 1.54) is 0 Å². The summed E-state index contributed by atoms with van der Waals surface area (Å²) in [6, 6.07) is 0. The number of aryl methyl sites for hydroxylation is 1. The summed E-state index contributed by atoms with van der Waals surface area (Å²) in [6.45, 7) is 6.99. The van der Waals surface area contributed by atoms with Gasteiger partial charge in [-0.05, 0) is 6.42 Å². The molecule has 1 aromatic heterocycles. The summed E-state index contributed by atoms with van der Waals surface area (Å²) in [4.78, 5) is 35.6. The highest BCUT2D eigenvalue weighted by molar-refractivity contribution is 5.80. The Hall–Kier alpha value is -1.89. The van der Waals surface area contributed by atoms with Crippen molar-refractivity contribution in [2.24, 2.45) is 5.92 Å². The molecule has 1 atom stereocenters. The van der Waals surface area contributed by atoms with Gasteiger partial charge in [0.1, 0.15) is 5.82 Å². The molecule has 1 fully saturated rings. The topological polar surface area (TPSA) is 81.3 Å². The number of rotatable bonds is 6. The van der Waals surface area contributed by atoms with Crippen LogP contribution in [0.1, 0.15) is 38.2 Å². The monoisotopic (exact) mass is 335 g/mol. The van der Waals surface area contributed by atoms with Crippen LogP contribution in [0.3, 0.4) is 0 Å². The van der Waals surface area contributed by atoms with Gasteiger partial charge in [-0.15, -0.1) is 0 Å². The Kier molecular flexibility index (Phi) is 6.78. The molecule has 0 spiro atoms. The standard InChI is InChI=1S/C17H29N5O2/c1-4-5-6-16-19-9-15(20-16)12-21-7-8-22(13(2)23)11-14(10-21)17(24)18-3/h9,14H,4-8,10-12H2,1-3H3,(H,18,24)(H,19,20)/t14-/m1/s1. The van der Waals surface area contributed by atoms with Gasteiger partial charge in [-0.3, -0.25) is 14.5 Å². The number of unbranched alkanes of at least 4 members (excludes halogenated alkanes) is 1. The predicted octanol–water partition coefficient (Wildman–Crippen LogP) is 0.779. The minimum atomic E-state index is -0.205. The lowest BCUT2D eigenvalue weighted by atomic mass is 10.1. The van der Waals surface area contributed by atoms with Crippen molar-refractivity contribution in [3.05, 3.63) is 17.7 Å². The molecule has 0 aromatic carbocycles. The highest BCUT2D eigenvalue weighted by Crippen LogP contribution is 2.13. The zero-order chi connectivity index (χ0) is 17.5. The number of nitrogens with one attached hydrogen (secondary N) is 2. The van der Waals surface area contributed by atoms with Crippen LogP contribution in [0, 0.1) is 5.92 Å². The Morgan fingerprint density at radius 2 is 2.17 bits per heavy atom. The molecule has 2 amide bonds. The van der Waals surface area contributed by atoms with E-state index in [4.69, 9.17) is 0 Å². The van der Waals surface area contributed by atoms with Crippen LogP contribution in [0.2, 0.25) is 0 Å². The number of aromatic nitrogens is 2. The molecule has 0 radical (unpaired) electrons. The molecular formula is C17H29N5O2. The maximum Gasteiger partial charge on any atom is 0.225 e. The summed E-state index contributed by atoms with van der Waals surface area (Å²) in [5.74, 6) is 0.828. The molecule has 7 nitrogen and oxygen atoms in total. The third kappa shape index (κ3) is 5.06. The second kappa shape index (κ2) is 8.82. The summed E-state index contributed by atoms with van der Waals surface area (Å²) >= 11 is 0. The van der Waals surface area contributed by atoms with Gasteiger partial charge in [0.15, 0.2) is 0 Å². The Morgan fingerprint density at radius 1 is 1.38 bits per heavy atom. The van der Waals surface area contributed by atoms with Crippen LogP contribution in [0.4, 0.5) is 0 Å². The number of imidazole rings is 1. The smallest absolute Gasteiger partial charge is 0.225 e. The van der Waals surface area contributed by atoms with Gasteiger partial charge in [-0.2, -0.15) is 0 Å².